The van der Waals surface area contributed by atoms with Gasteiger partial charge in [0, 0.05) is 0 Å². The van der Waals surface area contributed by atoms with Crippen molar-refractivity contribution in [2.45, 2.75) is 24.9 Å². The summed E-state index contributed by atoms with van der Waals surface area (Å²) in [4.78, 5) is 20.9. The van der Waals surface area contributed by atoms with E-state index in [0.29, 0.717) is 11.8 Å². The number of aromatic nitrogens is 2. The summed E-state index contributed by atoms with van der Waals surface area (Å²) in [5.74, 6) is 1.99. The van der Waals surface area contributed by atoms with E-state index in [9.17, 15) is 4.79 Å². The van der Waals surface area contributed by atoms with Crippen LogP contribution in [0, 0.1) is 11.8 Å². The molecule has 0 N–H and O–H groups in total. The molecule has 5 nitrogen and oxygen atoms in total. The average molecular weight is 504 g/mol. The van der Waals surface area contributed by atoms with E-state index in [4.69, 9.17) is 4.74 Å². The van der Waals surface area contributed by atoms with E-state index in [1.165, 1.54) is 16.2 Å². The fraction of sp³-hybridized carbons (Fsp3) is 0.333. The van der Waals surface area contributed by atoms with Gasteiger partial charge in [0.2, 0.25) is 0 Å². The zero-order valence-electron chi connectivity index (χ0n) is 18.7. The Hall–Kier alpha value is -2.66. The molecule has 0 aliphatic carbocycles. The Bertz CT molecular complexity index is 1410. The first-order chi connectivity index (χ1) is 16.2. The van der Waals surface area contributed by atoms with E-state index in [1.807, 2.05) is 36.5 Å². The molecule has 7 rings (SSSR count). The molecule has 5 heterocycles. The van der Waals surface area contributed by atoms with Crippen LogP contribution in [-0.4, -0.2) is 54.4 Å². The summed E-state index contributed by atoms with van der Waals surface area (Å²) in [5.41, 5.74) is 2.27. The number of pyridine rings is 1. The van der Waals surface area contributed by atoms with Crippen molar-refractivity contribution < 1.29 is 4.74 Å². The minimum absolute atomic E-state index is 0.0175. The third-order valence-corrected chi connectivity index (χ3v) is 9.98. The fourth-order valence-electron chi connectivity index (χ4n) is 5.90. The van der Waals surface area contributed by atoms with Crippen molar-refractivity contribution in [2.24, 2.45) is 11.8 Å². The number of ether oxygens (including phenoxy) is 1. The first-order valence-electron chi connectivity index (χ1n) is 11.6. The van der Waals surface area contributed by atoms with Crippen LogP contribution in [0.5, 0.6) is 5.75 Å². The first-order valence-corrected chi connectivity index (χ1v) is 13.2. The van der Waals surface area contributed by atoms with Gasteiger partial charge >= 0.3 is 199 Å². The predicted molar refractivity (Wildman–Crippen MR) is 133 cm³/mol. The number of hydrogen-bond donors (Lipinski definition) is 0. The number of methoxy groups -OCH3 is 1. The Morgan fingerprint density at radius 1 is 1.21 bits per heavy atom. The Morgan fingerprint density at radius 3 is 2.85 bits per heavy atom. The van der Waals surface area contributed by atoms with Crippen molar-refractivity contribution in [2.75, 3.05) is 20.2 Å². The van der Waals surface area contributed by atoms with Gasteiger partial charge in [-0.05, 0) is 0 Å². The number of piperidine rings is 3. The molecule has 0 spiro atoms. The summed E-state index contributed by atoms with van der Waals surface area (Å²) in [6, 6.07) is 16.5. The molecular formula is C27H27N3O2Se. The van der Waals surface area contributed by atoms with Crippen molar-refractivity contribution in [1.82, 2.24) is 13.4 Å². The molecule has 0 amide bonds. The van der Waals surface area contributed by atoms with Crippen LogP contribution in [0.15, 0.2) is 72.2 Å². The van der Waals surface area contributed by atoms with Crippen LogP contribution in [0.3, 0.4) is 0 Å². The maximum atomic E-state index is 13.7. The van der Waals surface area contributed by atoms with Gasteiger partial charge in [-0.25, -0.2) is 0 Å². The summed E-state index contributed by atoms with van der Waals surface area (Å²) in [7, 11) is 1.69. The van der Waals surface area contributed by atoms with Gasteiger partial charge in [-0.2, -0.15) is 0 Å². The van der Waals surface area contributed by atoms with E-state index < -0.39 is 0 Å². The number of fused-ring (bicyclic) bond motifs is 5. The van der Waals surface area contributed by atoms with Gasteiger partial charge in [-0.15, -0.1) is 0 Å². The van der Waals surface area contributed by atoms with E-state index >= 15 is 0 Å². The van der Waals surface area contributed by atoms with Crippen LogP contribution in [0.1, 0.15) is 24.4 Å². The molecule has 5 atom stereocenters. The van der Waals surface area contributed by atoms with Gasteiger partial charge in [-0.3, -0.25) is 0 Å². The van der Waals surface area contributed by atoms with Crippen molar-refractivity contribution in [1.29, 1.82) is 0 Å². The van der Waals surface area contributed by atoms with Crippen LogP contribution in [0.4, 0.5) is 0 Å². The SMILES string of the molecule is C=C[C@H]1CN2CC[C@H]1C[C@H]2[C@H](c1ccnc2ccc(OC)cc12)n1[se]c2ccccc2c1=O. The fourth-order valence-corrected chi connectivity index (χ4v) is 8.32. The molecule has 168 valence electrons. The average Bonchev–Trinajstić information content (AvgIpc) is 3.20. The molecule has 3 saturated heterocycles. The standard InChI is InChI=1S/C27H27N3O2Se/c1-3-17-16-29-13-11-18(17)14-24(29)26(30-27(31)21-6-4-5-7-25(21)33-30)20-10-12-28-23-9-8-19(32-2)15-22(20)23/h3-10,12,15,17-18,24,26H,1,11,13-14,16H2,2H3/t17-,18-,24-,26-/m0/s1. The minimum atomic E-state index is -0.0531. The normalized spacial score (nSPS) is 25.4. The van der Waals surface area contributed by atoms with Gasteiger partial charge in [0.1, 0.15) is 0 Å². The van der Waals surface area contributed by atoms with Crippen LogP contribution in [0.25, 0.3) is 20.5 Å². The molecule has 2 aromatic heterocycles. The summed E-state index contributed by atoms with van der Waals surface area (Å²) >= 11 is -0.0531. The summed E-state index contributed by atoms with van der Waals surface area (Å²) in [6.45, 7) is 6.22. The van der Waals surface area contributed by atoms with E-state index in [2.05, 4.69) is 44.3 Å². The molecule has 3 fully saturated rings. The van der Waals surface area contributed by atoms with Crippen LogP contribution in [0.2, 0.25) is 0 Å². The van der Waals surface area contributed by atoms with Crippen LogP contribution >= 0.6 is 0 Å². The Balaban J connectivity index is 1.58. The molecule has 1 unspecified atom stereocenters. The van der Waals surface area contributed by atoms with Crippen LogP contribution < -0.4 is 10.3 Å². The van der Waals surface area contributed by atoms with E-state index in [0.717, 1.165) is 41.5 Å². The summed E-state index contributed by atoms with van der Waals surface area (Å²) < 4.78 is 8.90. The molecule has 33 heavy (non-hydrogen) atoms. The molecule has 0 radical (unpaired) electrons. The zero-order valence-corrected chi connectivity index (χ0v) is 20.4. The number of hydrogen-bond acceptors (Lipinski definition) is 4. The second kappa shape index (κ2) is 8.28. The Morgan fingerprint density at radius 2 is 2.09 bits per heavy atom. The zero-order chi connectivity index (χ0) is 22.5. The first kappa shape index (κ1) is 20.9. The second-order valence-electron chi connectivity index (χ2n) is 9.19. The molecule has 4 aromatic rings. The van der Waals surface area contributed by atoms with Crippen molar-refractivity contribution >= 4 is 35.3 Å². The molecule has 3 aliphatic heterocycles. The van der Waals surface area contributed by atoms with Gasteiger partial charge in [-0.1, -0.05) is 0 Å². The molecule has 2 aromatic carbocycles. The Kier molecular flexibility index (Phi) is 5.25. The third-order valence-electron chi connectivity index (χ3n) is 7.59. The third kappa shape index (κ3) is 3.40. The van der Waals surface area contributed by atoms with Crippen molar-refractivity contribution in [3.8, 4) is 5.75 Å². The van der Waals surface area contributed by atoms with E-state index in [1.54, 1.807) is 7.11 Å². The van der Waals surface area contributed by atoms with Gasteiger partial charge in [0.15, 0.2) is 0 Å². The summed E-state index contributed by atoms with van der Waals surface area (Å²) in [5, 5.41) is 1.93. The molecular weight excluding hydrogens is 477 g/mol. The maximum absolute atomic E-state index is 13.7. The molecule has 3 aliphatic rings. The van der Waals surface area contributed by atoms with Crippen molar-refractivity contribution in [3.63, 3.8) is 0 Å². The number of benzene rings is 2. The van der Waals surface area contributed by atoms with Gasteiger partial charge in [0.05, 0.1) is 0 Å². The molecule has 0 saturated carbocycles. The monoisotopic (exact) mass is 505 g/mol. The number of nitrogens with zero attached hydrogens (tertiary/aromatic N) is 3. The van der Waals surface area contributed by atoms with Gasteiger partial charge < -0.3 is 0 Å². The van der Waals surface area contributed by atoms with Gasteiger partial charge in [0.25, 0.3) is 0 Å². The van der Waals surface area contributed by atoms with E-state index in [-0.39, 0.29) is 32.4 Å². The molecule has 2 bridgehead atoms. The molecule has 6 heteroatoms. The number of rotatable bonds is 5. The quantitative estimate of drug-likeness (QED) is 0.303. The second-order valence-corrected chi connectivity index (χ2v) is 11.3. The Labute approximate surface area is 199 Å². The summed E-state index contributed by atoms with van der Waals surface area (Å²) in [6.07, 6.45) is 6.33. The van der Waals surface area contributed by atoms with Crippen LogP contribution in [-0.2, 0) is 0 Å². The topological polar surface area (TPSA) is 47.4 Å². The van der Waals surface area contributed by atoms with Crippen molar-refractivity contribution in [3.05, 3.63) is 83.3 Å². The predicted octanol–water partition coefficient (Wildman–Crippen LogP) is 4.10.